The van der Waals surface area contributed by atoms with Crippen molar-refractivity contribution in [2.45, 2.75) is 85.8 Å². The summed E-state index contributed by atoms with van der Waals surface area (Å²) in [4.78, 5) is 36.7. The van der Waals surface area contributed by atoms with E-state index in [0.717, 1.165) is 105 Å². The maximum Gasteiger partial charge on any atom is 0.514 e. The summed E-state index contributed by atoms with van der Waals surface area (Å²) in [5.74, 6) is -0.201. The molecule has 0 aliphatic heterocycles. The van der Waals surface area contributed by atoms with Crippen LogP contribution in [0.5, 0.6) is 17.2 Å². The molecule has 0 fully saturated rings. The molecule has 3 aromatic carbocycles. The van der Waals surface area contributed by atoms with Gasteiger partial charge in [-0.2, -0.15) is 25.3 Å². The van der Waals surface area contributed by atoms with Crippen molar-refractivity contribution in [1.82, 2.24) is 0 Å². The summed E-state index contributed by atoms with van der Waals surface area (Å²) in [6.07, 6.45) is 7.12. The number of hydrogen-bond acceptors (Lipinski definition) is 15. The lowest BCUT2D eigenvalue weighted by atomic mass is 10.1. The highest BCUT2D eigenvalue weighted by atomic mass is 32.2. The van der Waals surface area contributed by atoms with Crippen molar-refractivity contribution in [2.75, 3.05) is 46.0 Å². The van der Waals surface area contributed by atoms with E-state index in [-0.39, 0.29) is 61.2 Å². The zero-order valence-corrected chi connectivity index (χ0v) is 36.0. The van der Waals surface area contributed by atoms with Gasteiger partial charge in [0.2, 0.25) is 0 Å². The molecule has 0 aromatic heterocycles. The highest BCUT2D eigenvalue weighted by molar-refractivity contribution is 7.86. The highest BCUT2D eigenvalue weighted by Crippen LogP contribution is 2.20. The Hall–Kier alpha value is -4.84. The van der Waals surface area contributed by atoms with Crippen LogP contribution < -0.4 is 14.2 Å². The van der Waals surface area contributed by atoms with Gasteiger partial charge in [0.1, 0.15) is 56.7 Å². The summed E-state index contributed by atoms with van der Waals surface area (Å²) in [5, 5.41) is 0. The number of quaternary nitrogens is 1. The largest absolute Gasteiger partial charge is 0.514 e. The molecule has 3 N–H and O–H groups in total. The molecule has 338 valence electrons. The van der Waals surface area contributed by atoms with Gasteiger partial charge < -0.3 is 32.9 Å². The number of hydrogen-bond donors (Lipinski definition) is 3. The number of unbranched alkanes of at least 4 members (excludes halogenated alkanes) is 9. The van der Waals surface area contributed by atoms with E-state index in [9.17, 15) is 53.3 Å². The second-order valence-corrected chi connectivity index (χ2v) is 18.1. The molecule has 0 unspecified atom stereocenters. The van der Waals surface area contributed by atoms with Gasteiger partial charge in [0.15, 0.2) is 0 Å². The van der Waals surface area contributed by atoms with Crippen molar-refractivity contribution in [1.29, 1.82) is 0 Å². The molecule has 0 aliphatic rings. The normalized spacial score (nSPS) is 12.0. The third kappa shape index (κ3) is 19.6. The van der Waals surface area contributed by atoms with Gasteiger partial charge >= 0.3 is 18.5 Å². The summed E-state index contributed by atoms with van der Waals surface area (Å²) < 4.78 is 127. The molecule has 3 rings (SSSR count). The van der Waals surface area contributed by atoms with Gasteiger partial charge in [0.25, 0.3) is 30.4 Å². The van der Waals surface area contributed by atoms with Gasteiger partial charge in [-0.3, -0.25) is 13.7 Å². The minimum absolute atomic E-state index is 0.0670. The fourth-order valence-electron chi connectivity index (χ4n) is 5.99. The lowest BCUT2D eigenvalue weighted by molar-refractivity contribution is -0.928. The highest BCUT2D eigenvalue weighted by Gasteiger charge is 2.29. The minimum atomic E-state index is -4.48. The molecule has 0 spiro atoms. The lowest BCUT2D eigenvalue weighted by Gasteiger charge is -2.38. The van der Waals surface area contributed by atoms with Crippen LogP contribution >= 0.6 is 0 Å². The monoisotopic (exact) mass is 918 g/mol. The summed E-state index contributed by atoms with van der Waals surface area (Å²) >= 11 is 0. The van der Waals surface area contributed by atoms with Crippen molar-refractivity contribution in [3.63, 3.8) is 0 Å². The van der Waals surface area contributed by atoms with E-state index < -0.39 is 63.5 Å². The first kappa shape index (κ1) is 50.5. The zero-order valence-electron chi connectivity index (χ0n) is 33.6. The summed E-state index contributed by atoms with van der Waals surface area (Å²) in [5.41, 5.74) is 0. The Labute approximate surface area is 355 Å². The number of rotatable bonds is 26. The number of nitrogens with zero attached hydrogens (tertiary/aromatic N) is 1. The van der Waals surface area contributed by atoms with Crippen LogP contribution in [0.3, 0.4) is 0 Å². The van der Waals surface area contributed by atoms with Gasteiger partial charge in [0, 0.05) is 0 Å². The maximum atomic E-state index is 12.6. The van der Waals surface area contributed by atoms with E-state index in [1.807, 2.05) is 0 Å². The number of ether oxygens (including phenoxy) is 6. The minimum Gasteiger partial charge on any atom is -0.428 e. The molecule has 0 saturated carbocycles. The molecule has 0 atom stereocenters. The fraction of sp³-hybridized carbons (Fsp3) is 0.462. The molecule has 61 heavy (non-hydrogen) atoms. The Balaban J connectivity index is 1.72. The first-order valence-corrected chi connectivity index (χ1v) is 23.7. The molecular formula is C39H52NO18S3+. The summed E-state index contributed by atoms with van der Waals surface area (Å²) in [7, 11) is -13.4. The van der Waals surface area contributed by atoms with Crippen LogP contribution in [-0.4, -0.2) is 108 Å². The second-order valence-electron chi connectivity index (χ2n) is 13.9. The summed E-state index contributed by atoms with van der Waals surface area (Å²) in [6, 6.07) is 13.1. The van der Waals surface area contributed by atoms with E-state index in [1.165, 1.54) is 25.7 Å². The average molecular weight is 919 g/mol. The standard InChI is InChI=1S/C39H51NO18S3/c1-2-3-4-5-6-7-8-9-10-11-24-40(25-28-53-37(41)56-31-12-18-34(19-13-31)59(44,45)46,26-29-54-38(42)57-32-14-20-35(21-15-32)60(47,48)49)27-30-55-39(43)58-33-16-22-36(23-17-33)61(50,51)52/h12-23H,2-11,24-30H2,1H3,(H2-,44,45,46,47,48,49,50,51,52)/p+1. The van der Waals surface area contributed by atoms with E-state index in [4.69, 9.17) is 28.4 Å². The topological polar surface area (TPSA) is 270 Å². The molecule has 0 aliphatic carbocycles. The van der Waals surface area contributed by atoms with E-state index in [2.05, 4.69) is 6.92 Å². The zero-order chi connectivity index (χ0) is 44.9. The first-order valence-electron chi connectivity index (χ1n) is 19.4. The average Bonchev–Trinajstić information content (AvgIpc) is 3.18. The van der Waals surface area contributed by atoms with Crippen LogP contribution in [0.2, 0.25) is 0 Å². The second kappa shape index (κ2) is 24.6. The van der Waals surface area contributed by atoms with Crippen LogP contribution in [0.1, 0.15) is 71.1 Å². The van der Waals surface area contributed by atoms with E-state index in [0.29, 0.717) is 13.0 Å². The third-order valence-electron chi connectivity index (χ3n) is 9.31. The quantitative estimate of drug-likeness (QED) is 0.0181. The predicted octanol–water partition coefficient (Wildman–Crippen LogP) is 7.11. The smallest absolute Gasteiger partial charge is 0.428 e. The van der Waals surface area contributed by atoms with Crippen molar-refractivity contribution in [3.8, 4) is 17.2 Å². The van der Waals surface area contributed by atoms with E-state index >= 15 is 0 Å². The van der Waals surface area contributed by atoms with Gasteiger partial charge in [-0.15, -0.1) is 0 Å². The van der Waals surface area contributed by atoms with Gasteiger partial charge in [-0.05, 0) is 85.6 Å². The van der Waals surface area contributed by atoms with Crippen molar-refractivity contribution >= 4 is 48.8 Å². The fourth-order valence-corrected chi connectivity index (χ4v) is 7.43. The molecule has 0 saturated heterocycles. The Morgan fingerprint density at radius 2 is 0.689 bits per heavy atom. The van der Waals surface area contributed by atoms with Crippen LogP contribution in [0.15, 0.2) is 87.5 Å². The molecule has 0 heterocycles. The Kier molecular flexibility index (Phi) is 20.3. The van der Waals surface area contributed by atoms with Crippen molar-refractivity contribution in [2.24, 2.45) is 0 Å². The third-order valence-corrected chi connectivity index (χ3v) is 11.9. The molecule has 0 amide bonds. The van der Waals surface area contributed by atoms with Gasteiger partial charge in [-0.25, -0.2) is 14.4 Å². The number of carbonyl (C=O) groups is 3. The molecule has 0 radical (unpaired) electrons. The lowest BCUT2D eigenvalue weighted by Crippen LogP contribution is -2.55. The SMILES string of the molecule is CCCCCCCCCCCC[N+](CCOC(=O)Oc1ccc(S(=O)(=O)O)cc1)(CCOC(=O)Oc1ccc(S(=O)(=O)O)cc1)CCOC(=O)Oc1ccc(S(=O)(=O)O)cc1. The number of carbonyl (C=O) groups excluding carboxylic acids is 3. The summed E-state index contributed by atoms with van der Waals surface area (Å²) in [6.45, 7) is 2.17. The van der Waals surface area contributed by atoms with Crippen molar-refractivity contribution in [3.05, 3.63) is 72.8 Å². The van der Waals surface area contributed by atoms with Crippen LogP contribution in [-0.2, 0) is 44.6 Å². The Bertz CT molecular complexity index is 1950. The predicted molar refractivity (Wildman–Crippen MR) is 216 cm³/mol. The Morgan fingerprint density at radius 3 is 0.951 bits per heavy atom. The van der Waals surface area contributed by atoms with Crippen LogP contribution in [0.4, 0.5) is 14.4 Å². The van der Waals surface area contributed by atoms with Crippen LogP contribution in [0.25, 0.3) is 0 Å². The first-order chi connectivity index (χ1) is 28.8. The molecule has 3 aromatic rings. The Morgan fingerprint density at radius 1 is 0.426 bits per heavy atom. The molecular weight excluding hydrogens is 867 g/mol. The molecule has 0 bridgehead atoms. The van der Waals surface area contributed by atoms with Crippen molar-refractivity contribution < 1.29 is 86.2 Å². The van der Waals surface area contributed by atoms with Crippen LogP contribution in [0, 0.1) is 0 Å². The van der Waals surface area contributed by atoms with Gasteiger partial charge in [0.05, 0.1) is 21.2 Å². The molecule has 19 nitrogen and oxygen atoms in total. The molecule has 22 heteroatoms. The number of benzene rings is 3. The maximum absolute atomic E-state index is 12.6. The van der Waals surface area contributed by atoms with E-state index in [1.54, 1.807) is 0 Å². The van der Waals surface area contributed by atoms with Gasteiger partial charge in [-0.1, -0.05) is 58.3 Å².